The minimum absolute atomic E-state index is 0.0884. The van der Waals surface area contributed by atoms with E-state index in [2.05, 4.69) is 17.5 Å². The van der Waals surface area contributed by atoms with Gasteiger partial charge < -0.3 is 15.5 Å². The van der Waals surface area contributed by atoms with Crippen LogP contribution in [0.2, 0.25) is 0 Å². The summed E-state index contributed by atoms with van der Waals surface area (Å²) in [7, 11) is 0. The summed E-state index contributed by atoms with van der Waals surface area (Å²) in [5, 5.41) is 22.4. The first kappa shape index (κ1) is 11.0. The molecular weight excluding hydrogens is 202 g/mol. The quantitative estimate of drug-likeness (QED) is 0.684. The van der Waals surface area contributed by atoms with Crippen molar-refractivity contribution in [2.75, 3.05) is 0 Å². The van der Waals surface area contributed by atoms with Gasteiger partial charge in [0.15, 0.2) is 0 Å². The van der Waals surface area contributed by atoms with E-state index in [-0.39, 0.29) is 17.5 Å². The van der Waals surface area contributed by atoms with Crippen LogP contribution >= 0.6 is 0 Å². The van der Waals surface area contributed by atoms with E-state index < -0.39 is 0 Å². The van der Waals surface area contributed by atoms with Crippen molar-refractivity contribution in [3.63, 3.8) is 0 Å². The van der Waals surface area contributed by atoms with Gasteiger partial charge in [0.05, 0.1) is 0 Å². The van der Waals surface area contributed by atoms with Gasteiger partial charge in [0.2, 0.25) is 0 Å². The Morgan fingerprint density at radius 2 is 1.94 bits per heavy atom. The van der Waals surface area contributed by atoms with Gasteiger partial charge in [-0.15, -0.1) is 0 Å². The second-order valence-corrected chi connectivity index (χ2v) is 4.27. The Hall–Kier alpha value is -1.48. The molecule has 0 saturated carbocycles. The van der Waals surface area contributed by atoms with Crippen LogP contribution in [0.3, 0.4) is 0 Å². The van der Waals surface area contributed by atoms with Gasteiger partial charge in [-0.05, 0) is 25.8 Å². The van der Waals surface area contributed by atoms with Crippen molar-refractivity contribution in [2.24, 2.45) is 0 Å². The molecule has 3 nitrogen and oxygen atoms in total. The summed E-state index contributed by atoms with van der Waals surface area (Å²) in [4.78, 5) is 0. The zero-order valence-electron chi connectivity index (χ0n) is 9.35. The average molecular weight is 219 g/mol. The molecule has 86 valence electrons. The molecule has 1 unspecified atom stereocenters. The zero-order chi connectivity index (χ0) is 11.5. The maximum Gasteiger partial charge on any atom is 0.124 e. The highest BCUT2D eigenvalue weighted by atomic mass is 16.3. The molecule has 0 fully saturated rings. The molecule has 3 heteroatoms. The molecule has 1 aliphatic carbocycles. The van der Waals surface area contributed by atoms with Crippen molar-refractivity contribution < 1.29 is 10.2 Å². The van der Waals surface area contributed by atoms with Crippen molar-refractivity contribution in [3.8, 4) is 11.5 Å². The molecule has 0 bridgehead atoms. The van der Waals surface area contributed by atoms with Gasteiger partial charge in [0, 0.05) is 23.7 Å². The van der Waals surface area contributed by atoms with E-state index in [0.29, 0.717) is 6.04 Å². The number of hydrogen-bond donors (Lipinski definition) is 3. The second-order valence-electron chi connectivity index (χ2n) is 4.27. The largest absolute Gasteiger partial charge is 0.508 e. The smallest absolute Gasteiger partial charge is 0.124 e. The first-order valence-corrected chi connectivity index (χ1v) is 5.59. The number of rotatable bonds is 3. The Kier molecular flexibility index (Phi) is 3.15. The number of hydrogen-bond acceptors (Lipinski definition) is 3. The number of aromatic hydroxyl groups is 2. The van der Waals surface area contributed by atoms with Gasteiger partial charge >= 0.3 is 0 Å². The Morgan fingerprint density at radius 3 is 2.56 bits per heavy atom. The van der Waals surface area contributed by atoms with Gasteiger partial charge in [-0.25, -0.2) is 0 Å². The molecule has 0 saturated heterocycles. The highest BCUT2D eigenvalue weighted by Gasteiger charge is 2.16. The topological polar surface area (TPSA) is 52.5 Å². The molecule has 0 heterocycles. The first-order chi connectivity index (χ1) is 7.66. The lowest BCUT2D eigenvalue weighted by Gasteiger charge is -2.20. The maximum atomic E-state index is 9.72. The SMILES string of the molecule is CC(NC1CC=CC1)c1ccc(O)cc1O. The number of phenols is 2. The third-order valence-corrected chi connectivity index (χ3v) is 2.97. The predicted octanol–water partition coefficient (Wildman–Crippen LogP) is 2.47. The van der Waals surface area contributed by atoms with Crippen molar-refractivity contribution in [2.45, 2.75) is 31.8 Å². The lowest BCUT2D eigenvalue weighted by atomic mass is 10.1. The van der Waals surface area contributed by atoms with Crippen molar-refractivity contribution in [1.29, 1.82) is 0 Å². The van der Waals surface area contributed by atoms with Crippen molar-refractivity contribution >= 4 is 0 Å². The van der Waals surface area contributed by atoms with E-state index in [9.17, 15) is 10.2 Å². The molecule has 1 aromatic rings. The van der Waals surface area contributed by atoms with Crippen LogP contribution in [0.4, 0.5) is 0 Å². The Morgan fingerprint density at radius 1 is 1.25 bits per heavy atom. The molecule has 2 rings (SSSR count). The molecule has 0 spiro atoms. The van der Waals surface area contributed by atoms with Gasteiger partial charge in [0.25, 0.3) is 0 Å². The van der Waals surface area contributed by atoms with E-state index >= 15 is 0 Å². The number of nitrogens with one attached hydrogen (secondary N) is 1. The van der Waals surface area contributed by atoms with Crippen molar-refractivity contribution in [1.82, 2.24) is 5.32 Å². The van der Waals surface area contributed by atoms with Crippen LogP contribution < -0.4 is 5.32 Å². The van der Waals surface area contributed by atoms with E-state index in [1.807, 2.05) is 6.92 Å². The third kappa shape index (κ3) is 2.36. The summed E-state index contributed by atoms with van der Waals surface area (Å²) < 4.78 is 0. The minimum atomic E-state index is 0.0884. The van der Waals surface area contributed by atoms with Gasteiger partial charge in [-0.1, -0.05) is 18.2 Å². The van der Waals surface area contributed by atoms with E-state index in [1.165, 1.54) is 6.07 Å². The lowest BCUT2D eigenvalue weighted by molar-refractivity contribution is 0.422. The fraction of sp³-hybridized carbons (Fsp3) is 0.385. The summed E-state index contributed by atoms with van der Waals surface area (Å²) in [6, 6.07) is 5.28. The monoisotopic (exact) mass is 219 g/mol. The number of benzene rings is 1. The Balaban J connectivity index is 2.05. The highest BCUT2D eigenvalue weighted by molar-refractivity contribution is 5.40. The molecule has 0 aliphatic heterocycles. The molecule has 1 aromatic carbocycles. The Labute approximate surface area is 95.4 Å². The van der Waals surface area contributed by atoms with Gasteiger partial charge in [-0.2, -0.15) is 0 Å². The van der Waals surface area contributed by atoms with E-state index in [4.69, 9.17) is 0 Å². The minimum Gasteiger partial charge on any atom is -0.508 e. The standard InChI is InChI=1S/C13H17NO2/c1-9(14-10-4-2-3-5-10)12-7-6-11(15)8-13(12)16/h2-3,6-10,14-16H,4-5H2,1H3. The summed E-state index contributed by atoms with van der Waals surface area (Å²) >= 11 is 0. The van der Waals surface area contributed by atoms with Crippen LogP contribution in [-0.2, 0) is 0 Å². The molecule has 1 aliphatic rings. The molecule has 1 atom stereocenters. The maximum absolute atomic E-state index is 9.72. The summed E-state index contributed by atoms with van der Waals surface area (Å²) in [6.07, 6.45) is 6.43. The van der Waals surface area contributed by atoms with Gasteiger partial charge in [-0.3, -0.25) is 0 Å². The molecule has 3 N–H and O–H groups in total. The second kappa shape index (κ2) is 4.58. The van der Waals surface area contributed by atoms with Crippen LogP contribution in [0.1, 0.15) is 31.4 Å². The molecule has 16 heavy (non-hydrogen) atoms. The van der Waals surface area contributed by atoms with Crippen LogP contribution in [0.15, 0.2) is 30.4 Å². The van der Waals surface area contributed by atoms with Crippen LogP contribution in [0.5, 0.6) is 11.5 Å². The van der Waals surface area contributed by atoms with Crippen LogP contribution in [-0.4, -0.2) is 16.3 Å². The number of phenolic OH excluding ortho intramolecular Hbond substituents is 2. The van der Waals surface area contributed by atoms with E-state index in [0.717, 1.165) is 18.4 Å². The predicted molar refractivity (Wildman–Crippen MR) is 63.5 cm³/mol. The Bertz CT molecular complexity index is 393. The van der Waals surface area contributed by atoms with Crippen molar-refractivity contribution in [3.05, 3.63) is 35.9 Å². The third-order valence-electron chi connectivity index (χ3n) is 2.97. The van der Waals surface area contributed by atoms with Gasteiger partial charge in [0.1, 0.15) is 11.5 Å². The fourth-order valence-electron chi connectivity index (χ4n) is 2.09. The summed E-state index contributed by atoms with van der Waals surface area (Å²) in [6.45, 7) is 2.02. The van der Waals surface area contributed by atoms with E-state index in [1.54, 1.807) is 12.1 Å². The van der Waals surface area contributed by atoms with Crippen LogP contribution in [0.25, 0.3) is 0 Å². The summed E-state index contributed by atoms with van der Waals surface area (Å²) in [5.74, 6) is 0.238. The summed E-state index contributed by atoms with van der Waals surface area (Å²) in [5.41, 5.74) is 0.824. The molecule has 0 amide bonds. The molecule has 0 radical (unpaired) electrons. The average Bonchev–Trinajstić information content (AvgIpc) is 2.70. The first-order valence-electron chi connectivity index (χ1n) is 5.59. The van der Waals surface area contributed by atoms with Crippen LogP contribution in [0, 0.1) is 0 Å². The molecular formula is C13H17NO2. The zero-order valence-corrected chi connectivity index (χ0v) is 9.35. The lowest BCUT2D eigenvalue weighted by Crippen LogP contribution is -2.29. The fourth-order valence-corrected chi connectivity index (χ4v) is 2.09. The molecule has 0 aromatic heterocycles. The highest BCUT2D eigenvalue weighted by Crippen LogP contribution is 2.28. The normalized spacial score (nSPS) is 17.8.